The lowest BCUT2D eigenvalue weighted by Gasteiger charge is -2.32. The highest BCUT2D eigenvalue weighted by Crippen LogP contribution is 2.26. The van der Waals surface area contributed by atoms with Gasteiger partial charge in [0, 0.05) is 19.8 Å². The number of hydrogen-bond acceptors (Lipinski definition) is 4. The average Bonchev–Trinajstić information content (AvgIpc) is 3.02. The van der Waals surface area contributed by atoms with Crippen LogP contribution in [0.25, 0.3) is 0 Å². The maximum atomic E-state index is 12.9. The molecule has 1 atom stereocenters. The molecule has 0 bridgehead atoms. The number of aryl methyl sites for hydroxylation is 1. The van der Waals surface area contributed by atoms with Crippen LogP contribution in [-0.4, -0.2) is 41.8 Å². The molecule has 0 saturated heterocycles. The number of carbonyl (C=O) groups is 1. The van der Waals surface area contributed by atoms with E-state index in [1.807, 2.05) is 6.92 Å². The number of carbonyl (C=O) groups excluding carboxylic acids is 1. The van der Waals surface area contributed by atoms with Gasteiger partial charge in [-0.2, -0.15) is 4.31 Å². The second-order valence-corrected chi connectivity index (χ2v) is 7.47. The minimum atomic E-state index is -3.66. The Bertz CT molecular complexity index is 827. The topological polar surface area (TPSA) is 84.3 Å². The van der Waals surface area contributed by atoms with Crippen molar-refractivity contribution in [2.45, 2.75) is 24.4 Å². The maximum Gasteiger partial charge on any atom is 0.244 e. The molecule has 1 aliphatic heterocycles. The number of sulfonamides is 1. The average molecular weight is 334 g/mol. The van der Waals surface area contributed by atoms with Crippen molar-refractivity contribution in [3.8, 4) is 0 Å². The third-order valence-electron chi connectivity index (χ3n) is 4.00. The number of benzene rings is 1. The highest BCUT2D eigenvalue weighted by Gasteiger charge is 2.36. The Labute approximate surface area is 135 Å². The van der Waals surface area contributed by atoms with Crippen molar-refractivity contribution in [3.05, 3.63) is 48.0 Å². The van der Waals surface area contributed by atoms with Crippen LogP contribution in [0, 0.1) is 6.92 Å². The lowest BCUT2D eigenvalue weighted by molar-refractivity contribution is -0.124. The Morgan fingerprint density at radius 3 is 2.65 bits per heavy atom. The first-order valence-electron chi connectivity index (χ1n) is 7.22. The minimum absolute atomic E-state index is 0.0826. The molecule has 1 aromatic carbocycles. The summed E-state index contributed by atoms with van der Waals surface area (Å²) in [5.41, 5.74) is 1.68. The number of imidazole rings is 1. The number of fused-ring (bicyclic) bond motifs is 1. The van der Waals surface area contributed by atoms with Gasteiger partial charge in [0.15, 0.2) is 0 Å². The summed E-state index contributed by atoms with van der Waals surface area (Å²) < 4.78 is 28.8. The molecule has 0 unspecified atom stereocenters. The summed E-state index contributed by atoms with van der Waals surface area (Å²) in [5.74, 6) is -0.243. The fraction of sp³-hybridized carbons (Fsp3) is 0.333. The predicted molar refractivity (Wildman–Crippen MR) is 84.1 cm³/mol. The molecule has 1 aromatic heterocycles. The van der Waals surface area contributed by atoms with E-state index in [0.29, 0.717) is 5.69 Å². The SMILES string of the molecule is CNC(=O)[C@H]1CN(S(=O)(=O)c2ccc(C)cc2)Cc2cncn21. The van der Waals surface area contributed by atoms with E-state index < -0.39 is 16.1 Å². The normalized spacial score (nSPS) is 18.4. The van der Waals surface area contributed by atoms with Crippen LogP contribution in [0.3, 0.4) is 0 Å². The summed E-state index contributed by atoms with van der Waals surface area (Å²) in [6, 6.07) is 6.08. The third kappa shape index (κ3) is 2.75. The van der Waals surface area contributed by atoms with E-state index in [-0.39, 0.29) is 23.9 Å². The van der Waals surface area contributed by atoms with Crippen LogP contribution in [0.1, 0.15) is 17.3 Å². The zero-order valence-corrected chi connectivity index (χ0v) is 13.7. The van der Waals surface area contributed by atoms with Crippen molar-refractivity contribution in [2.75, 3.05) is 13.6 Å². The van der Waals surface area contributed by atoms with Crippen LogP contribution in [0.5, 0.6) is 0 Å². The summed E-state index contributed by atoms with van der Waals surface area (Å²) in [6.07, 6.45) is 3.15. The van der Waals surface area contributed by atoms with Crippen molar-refractivity contribution in [1.82, 2.24) is 19.2 Å². The fourth-order valence-electron chi connectivity index (χ4n) is 2.68. The van der Waals surface area contributed by atoms with Gasteiger partial charge >= 0.3 is 0 Å². The van der Waals surface area contributed by atoms with Gasteiger partial charge in [-0.3, -0.25) is 4.79 Å². The van der Waals surface area contributed by atoms with E-state index in [2.05, 4.69) is 10.3 Å². The van der Waals surface area contributed by atoms with Crippen molar-refractivity contribution in [2.24, 2.45) is 0 Å². The molecule has 7 nitrogen and oxygen atoms in total. The molecule has 3 rings (SSSR count). The molecule has 8 heteroatoms. The Kier molecular flexibility index (Phi) is 3.95. The van der Waals surface area contributed by atoms with Crippen molar-refractivity contribution in [1.29, 1.82) is 0 Å². The highest BCUT2D eigenvalue weighted by atomic mass is 32.2. The molecule has 2 aromatic rings. The van der Waals surface area contributed by atoms with E-state index in [1.54, 1.807) is 41.4 Å². The van der Waals surface area contributed by atoms with E-state index in [0.717, 1.165) is 5.56 Å². The van der Waals surface area contributed by atoms with Crippen LogP contribution >= 0.6 is 0 Å². The second-order valence-electron chi connectivity index (χ2n) is 5.53. The molecule has 1 aliphatic rings. The molecule has 1 amide bonds. The van der Waals surface area contributed by atoms with E-state index in [9.17, 15) is 13.2 Å². The minimum Gasteiger partial charge on any atom is -0.357 e. The van der Waals surface area contributed by atoms with Gasteiger partial charge < -0.3 is 9.88 Å². The molecule has 0 radical (unpaired) electrons. The van der Waals surface area contributed by atoms with Crippen LogP contribution in [0.4, 0.5) is 0 Å². The number of nitrogens with one attached hydrogen (secondary N) is 1. The van der Waals surface area contributed by atoms with Gasteiger partial charge in [-0.15, -0.1) is 0 Å². The Balaban J connectivity index is 1.98. The number of likely N-dealkylation sites (N-methyl/N-ethyl adjacent to an activating group) is 1. The molecule has 0 aliphatic carbocycles. The molecular formula is C15H18N4O3S. The molecular weight excluding hydrogens is 316 g/mol. The predicted octanol–water partition coefficient (Wildman–Crippen LogP) is 0.683. The Morgan fingerprint density at radius 2 is 2.00 bits per heavy atom. The van der Waals surface area contributed by atoms with Crippen LogP contribution in [-0.2, 0) is 21.4 Å². The summed E-state index contributed by atoms with van der Waals surface area (Å²) in [6.45, 7) is 2.18. The number of aromatic nitrogens is 2. The van der Waals surface area contributed by atoms with Gasteiger partial charge in [0.05, 0.1) is 23.5 Å². The summed E-state index contributed by atoms with van der Waals surface area (Å²) in [5, 5.41) is 2.58. The van der Waals surface area contributed by atoms with Crippen molar-refractivity contribution >= 4 is 15.9 Å². The van der Waals surface area contributed by atoms with Gasteiger partial charge in [0.1, 0.15) is 6.04 Å². The van der Waals surface area contributed by atoms with Crippen LogP contribution < -0.4 is 5.32 Å². The Hall–Kier alpha value is -2.19. The summed E-state index contributed by atoms with van der Waals surface area (Å²) in [7, 11) is -2.13. The number of amides is 1. The van der Waals surface area contributed by atoms with Gasteiger partial charge in [0.25, 0.3) is 0 Å². The molecule has 0 fully saturated rings. The quantitative estimate of drug-likeness (QED) is 0.895. The Morgan fingerprint density at radius 1 is 1.30 bits per heavy atom. The first-order valence-corrected chi connectivity index (χ1v) is 8.66. The number of hydrogen-bond donors (Lipinski definition) is 1. The molecule has 1 N–H and O–H groups in total. The molecule has 2 heterocycles. The maximum absolute atomic E-state index is 12.9. The van der Waals surface area contributed by atoms with Crippen molar-refractivity contribution in [3.63, 3.8) is 0 Å². The lowest BCUT2D eigenvalue weighted by Crippen LogP contribution is -2.45. The molecule has 122 valence electrons. The fourth-order valence-corrected chi connectivity index (χ4v) is 4.10. The van der Waals surface area contributed by atoms with Crippen LogP contribution in [0.15, 0.2) is 41.7 Å². The van der Waals surface area contributed by atoms with Crippen LogP contribution in [0.2, 0.25) is 0 Å². The smallest absolute Gasteiger partial charge is 0.244 e. The van der Waals surface area contributed by atoms with E-state index >= 15 is 0 Å². The third-order valence-corrected chi connectivity index (χ3v) is 5.83. The van der Waals surface area contributed by atoms with Gasteiger partial charge in [0.2, 0.25) is 15.9 Å². The van der Waals surface area contributed by atoms with Gasteiger partial charge in [-0.25, -0.2) is 13.4 Å². The molecule has 0 saturated carbocycles. The number of rotatable bonds is 3. The van der Waals surface area contributed by atoms with E-state index in [1.165, 1.54) is 11.4 Å². The molecule has 23 heavy (non-hydrogen) atoms. The number of nitrogens with zero attached hydrogens (tertiary/aromatic N) is 3. The van der Waals surface area contributed by atoms with Gasteiger partial charge in [-0.1, -0.05) is 17.7 Å². The standard InChI is InChI=1S/C15H18N4O3S/c1-11-3-5-13(6-4-11)23(21,22)18-8-12-7-17-10-19(12)14(9-18)15(20)16-2/h3-7,10,14H,8-9H2,1-2H3,(H,16,20)/t14-/m1/s1. The molecule has 0 spiro atoms. The monoisotopic (exact) mass is 334 g/mol. The first kappa shape index (κ1) is 15.7. The first-order chi connectivity index (χ1) is 10.9. The summed E-state index contributed by atoms with van der Waals surface area (Å²) in [4.78, 5) is 16.4. The largest absolute Gasteiger partial charge is 0.357 e. The highest BCUT2D eigenvalue weighted by molar-refractivity contribution is 7.89. The van der Waals surface area contributed by atoms with Crippen molar-refractivity contribution < 1.29 is 13.2 Å². The zero-order valence-electron chi connectivity index (χ0n) is 12.9. The lowest BCUT2D eigenvalue weighted by atomic mass is 10.2. The van der Waals surface area contributed by atoms with Gasteiger partial charge in [-0.05, 0) is 19.1 Å². The summed E-state index contributed by atoms with van der Waals surface area (Å²) >= 11 is 0. The second kappa shape index (κ2) is 5.78. The van der Waals surface area contributed by atoms with E-state index in [4.69, 9.17) is 0 Å². The zero-order chi connectivity index (χ0) is 16.6.